The molecule has 2 saturated heterocycles. The average molecular weight is 684 g/mol. The lowest BCUT2D eigenvalue weighted by Gasteiger charge is -2.46. The molecule has 3 aliphatic rings. The third kappa shape index (κ3) is 8.49. The van der Waals surface area contributed by atoms with Crippen LogP contribution in [0.2, 0.25) is 0 Å². The van der Waals surface area contributed by atoms with Crippen LogP contribution >= 0.6 is 12.2 Å². The molecule has 1 aromatic rings. The molecular formula is C29H33NO16S. The molecule has 18 heteroatoms. The van der Waals surface area contributed by atoms with Crippen molar-refractivity contribution in [2.75, 3.05) is 6.61 Å². The Morgan fingerprint density at radius 1 is 0.809 bits per heavy atom. The van der Waals surface area contributed by atoms with Gasteiger partial charge in [-0.15, -0.1) is 0 Å². The van der Waals surface area contributed by atoms with Gasteiger partial charge in [0.1, 0.15) is 35.5 Å². The van der Waals surface area contributed by atoms with E-state index < -0.39 is 109 Å². The number of pyridine rings is 1. The van der Waals surface area contributed by atoms with Crippen molar-refractivity contribution in [3.63, 3.8) is 0 Å². The minimum atomic E-state index is -1.78. The molecule has 4 rings (SSSR count). The average Bonchev–Trinajstić information content (AvgIpc) is 3.29. The number of fused-ring (bicyclic) bond motifs is 2. The van der Waals surface area contributed by atoms with E-state index in [4.69, 9.17) is 55.0 Å². The van der Waals surface area contributed by atoms with Crippen molar-refractivity contribution in [2.24, 2.45) is 11.8 Å². The monoisotopic (exact) mass is 683 g/mol. The SMILES string of the molecule is CC(=O)OC[C@H]1O[C@@H](O[C@H]2[C@H](OC(C)=O)[C@@H]3C[C@@H](C(=O)O3)[C@H]2C(=O)On2ccccc2=S)[C@H](OC(C)=O)[C@@H](OC(C)=O)[C@@H]1OC(C)=O. The maximum absolute atomic E-state index is 13.8. The topological polar surface area (TPSA) is 207 Å². The molecule has 0 aromatic carbocycles. The minimum absolute atomic E-state index is 0.0465. The van der Waals surface area contributed by atoms with Crippen molar-refractivity contribution < 1.29 is 76.3 Å². The molecule has 0 radical (unpaired) electrons. The Morgan fingerprint density at radius 3 is 2.00 bits per heavy atom. The Labute approximate surface area is 272 Å². The number of carbonyl (C=O) groups excluding carboxylic acids is 7. The van der Waals surface area contributed by atoms with Gasteiger partial charge >= 0.3 is 41.8 Å². The fraction of sp³-hybridized carbons (Fsp3) is 0.586. The highest BCUT2D eigenvalue weighted by atomic mass is 32.1. The molecule has 1 aliphatic carbocycles. The van der Waals surface area contributed by atoms with E-state index in [2.05, 4.69) is 0 Å². The number of hydrogen-bond donors (Lipinski definition) is 0. The van der Waals surface area contributed by atoms with Gasteiger partial charge in [0, 0.05) is 47.2 Å². The first-order valence-corrected chi connectivity index (χ1v) is 14.8. The van der Waals surface area contributed by atoms with Gasteiger partial charge in [-0.2, -0.15) is 4.73 Å². The Hall–Kier alpha value is -4.42. The van der Waals surface area contributed by atoms with Crippen molar-refractivity contribution in [2.45, 2.75) is 90.1 Å². The molecule has 3 fully saturated rings. The van der Waals surface area contributed by atoms with Gasteiger partial charge in [0.25, 0.3) is 0 Å². The van der Waals surface area contributed by atoms with E-state index in [1.165, 1.54) is 18.3 Å². The second-order valence-corrected chi connectivity index (χ2v) is 11.3. The lowest BCUT2D eigenvalue weighted by Crippen LogP contribution is -2.65. The molecule has 47 heavy (non-hydrogen) atoms. The minimum Gasteiger partial charge on any atom is -0.463 e. The second-order valence-electron chi connectivity index (χ2n) is 10.9. The van der Waals surface area contributed by atoms with Crippen LogP contribution in [0.25, 0.3) is 0 Å². The molecule has 17 nitrogen and oxygen atoms in total. The van der Waals surface area contributed by atoms with Gasteiger partial charge in [-0.05, 0) is 12.1 Å². The van der Waals surface area contributed by atoms with E-state index in [1.807, 2.05) is 0 Å². The van der Waals surface area contributed by atoms with Gasteiger partial charge in [0.05, 0.1) is 5.92 Å². The summed E-state index contributed by atoms with van der Waals surface area (Å²) >= 11 is 5.21. The normalized spacial score (nSPS) is 31.0. The van der Waals surface area contributed by atoms with E-state index in [1.54, 1.807) is 6.07 Å². The van der Waals surface area contributed by atoms with Gasteiger partial charge in [-0.25, -0.2) is 4.79 Å². The van der Waals surface area contributed by atoms with Crippen molar-refractivity contribution >= 4 is 54.0 Å². The summed E-state index contributed by atoms with van der Waals surface area (Å²) in [5.41, 5.74) is 0. The molecule has 2 bridgehead atoms. The summed E-state index contributed by atoms with van der Waals surface area (Å²) in [5, 5.41) is 0. The molecule has 1 aromatic heterocycles. The van der Waals surface area contributed by atoms with Crippen molar-refractivity contribution in [3.05, 3.63) is 29.0 Å². The maximum Gasteiger partial charge on any atom is 0.339 e. The first-order chi connectivity index (χ1) is 22.2. The van der Waals surface area contributed by atoms with E-state index >= 15 is 0 Å². The smallest absolute Gasteiger partial charge is 0.339 e. The Morgan fingerprint density at radius 2 is 1.40 bits per heavy atom. The zero-order valence-corrected chi connectivity index (χ0v) is 26.7. The number of ether oxygens (including phenoxy) is 8. The van der Waals surface area contributed by atoms with Crippen LogP contribution in [0, 0.1) is 16.5 Å². The van der Waals surface area contributed by atoms with Crippen LogP contribution in [0.3, 0.4) is 0 Å². The van der Waals surface area contributed by atoms with Crippen LogP contribution in [0.1, 0.15) is 41.0 Å². The first-order valence-electron chi connectivity index (χ1n) is 14.4. The maximum atomic E-state index is 13.8. The summed E-state index contributed by atoms with van der Waals surface area (Å²) in [7, 11) is 0. The summed E-state index contributed by atoms with van der Waals surface area (Å²) in [6, 6.07) is 4.63. The number of nitrogens with zero attached hydrogens (tertiary/aromatic N) is 1. The van der Waals surface area contributed by atoms with Gasteiger partial charge in [0.2, 0.25) is 0 Å². The Kier molecular flexibility index (Phi) is 11.3. The third-order valence-electron chi connectivity index (χ3n) is 7.32. The van der Waals surface area contributed by atoms with Crippen molar-refractivity contribution in [1.29, 1.82) is 0 Å². The van der Waals surface area contributed by atoms with Gasteiger partial charge in [0.15, 0.2) is 30.7 Å². The van der Waals surface area contributed by atoms with E-state index in [0.29, 0.717) is 0 Å². The molecule has 2 aliphatic heterocycles. The molecule has 1 saturated carbocycles. The van der Waals surface area contributed by atoms with Crippen LogP contribution in [0.5, 0.6) is 0 Å². The van der Waals surface area contributed by atoms with Crippen LogP contribution in [-0.2, 0) is 71.5 Å². The Balaban J connectivity index is 1.80. The number of rotatable bonds is 10. The summed E-state index contributed by atoms with van der Waals surface area (Å²) in [6.07, 6.45) is -10.7. The highest BCUT2D eigenvalue weighted by Gasteiger charge is 2.62. The number of esters is 6. The molecule has 10 atom stereocenters. The third-order valence-corrected chi connectivity index (χ3v) is 7.64. The van der Waals surface area contributed by atoms with Crippen LogP contribution in [0.15, 0.2) is 24.4 Å². The summed E-state index contributed by atoms with van der Waals surface area (Å²) < 4.78 is 45.7. The molecule has 0 unspecified atom stereocenters. The lowest BCUT2D eigenvalue weighted by atomic mass is 9.76. The Bertz CT molecular complexity index is 1480. The molecular weight excluding hydrogens is 650 g/mol. The van der Waals surface area contributed by atoms with E-state index in [0.717, 1.165) is 39.3 Å². The van der Waals surface area contributed by atoms with Gasteiger partial charge < -0.3 is 42.7 Å². The standard InChI is InChI=1S/C29H33NO16S/c1-12(31)38-11-19-23(40-14(3)33)25(41-15(4)34)26(42-16(5)35)29(44-19)45-24-21(28(37)46-30-9-7-6-8-20(30)47)17-10-18(43-27(17)36)22(24)39-13(2)32/h6-9,17-19,21-26,29H,10-11H2,1-5H3/t17-,18+,19-,21-,22-,23-,24-,25+,26-,29+/m1/s1. The fourth-order valence-corrected chi connectivity index (χ4v) is 5.84. The zero-order chi connectivity index (χ0) is 34.6. The van der Waals surface area contributed by atoms with E-state index in [-0.39, 0.29) is 11.1 Å². The lowest BCUT2D eigenvalue weighted by molar-refractivity contribution is -0.329. The molecule has 0 amide bonds. The van der Waals surface area contributed by atoms with Gasteiger partial charge in [-0.1, -0.05) is 18.3 Å². The van der Waals surface area contributed by atoms with Crippen LogP contribution < -0.4 is 4.84 Å². The highest BCUT2D eigenvalue weighted by Crippen LogP contribution is 2.44. The predicted octanol–water partition coefficient (Wildman–Crippen LogP) is 0.134. The zero-order valence-electron chi connectivity index (χ0n) is 25.9. The molecule has 256 valence electrons. The fourth-order valence-electron chi connectivity index (χ4n) is 5.66. The highest BCUT2D eigenvalue weighted by molar-refractivity contribution is 7.71. The summed E-state index contributed by atoms with van der Waals surface area (Å²) in [5.74, 6) is -8.67. The van der Waals surface area contributed by atoms with E-state index in [9.17, 15) is 33.6 Å². The number of carbonyl (C=O) groups is 7. The van der Waals surface area contributed by atoms with Crippen LogP contribution in [-0.4, -0.2) is 102 Å². The molecule has 3 heterocycles. The van der Waals surface area contributed by atoms with Gasteiger partial charge in [-0.3, -0.25) is 28.8 Å². The quantitative estimate of drug-likeness (QED) is 0.182. The first kappa shape index (κ1) is 35.4. The largest absolute Gasteiger partial charge is 0.463 e. The molecule has 0 N–H and O–H groups in total. The van der Waals surface area contributed by atoms with Crippen LogP contribution in [0.4, 0.5) is 0 Å². The predicted molar refractivity (Wildman–Crippen MR) is 151 cm³/mol. The summed E-state index contributed by atoms with van der Waals surface area (Å²) in [6.45, 7) is 4.78. The number of aromatic nitrogens is 1. The summed E-state index contributed by atoms with van der Waals surface area (Å²) in [4.78, 5) is 92.8. The van der Waals surface area contributed by atoms with Crippen molar-refractivity contribution in [1.82, 2.24) is 4.73 Å². The van der Waals surface area contributed by atoms with Crippen molar-refractivity contribution in [3.8, 4) is 0 Å². The number of hydrogen-bond acceptors (Lipinski definition) is 17. The second kappa shape index (κ2) is 15.0. The molecule has 0 spiro atoms.